The van der Waals surface area contributed by atoms with E-state index in [1.807, 2.05) is 10.3 Å². The SMILES string of the molecule is O=C(O)C1CC12CCN(C(=O)CCc1nccs1)CC2. The number of hydrogen-bond acceptors (Lipinski definition) is 4. The number of carboxylic acids is 1. The number of aryl methyl sites for hydroxylation is 1. The molecule has 108 valence electrons. The summed E-state index contributed by atoms with van der Waals surface area (Å²) in [5, 5.41) is 12.0. The number of carboxylic acid groups (broad SMARTS) is 1. The number of likely N-dealkylation sites (tertiary alicyclic amines) is 1. The minimum atomic E-state index is -0.673. The van der Waals surface area contributed by atoms with Gasteiger partial charge >= 0.3 is 5.97 Å². The van der Waals surface area contributed by atoms with Gasteiger partial charge in [0.15, 0.2) is 0 Å². The van der Waals surface area contributed by atoms with Crippen LogP contribution in [-0.4, -0.2) is 40.0 Å². The van der Waals surface area contributed by atoms with Crippen LogP contribution in [-0.2, 0) is 16.0 Å². The Morgan fingerprint density at radius 2 is 2.20 bits per heavy atom. The molecule has 0 bridgehead atoms. The van der Waals surface area contributed by atoms with Crippen LogP contribution in [0.25, 0.3) is 0 Å². The molecule has 1 unspecified atom stereocenters. The molecule has 2 fully saturated rings. The summed E-state index contributed by atoms with van der Waals surface area (Å²) in [5.74, 6) is -0.675. The predicted octanol–water partition coefficient (Wildman–Crippen LogP) is 1.79. The number of nitrogens with zero attached hydrogens (tertiary/aromatic N) is 2. The van der Waals surface area contributed by atoms with Gasteiger partial charge in [-0.1, -0.05) is 0 Å². The third-order valence-electron chi connectivity index (χ3n) is 4.64. The Labute approximate surface area is 121 Å². The fourth-order valence-corrected chi connectivity index (χ4v) is 3.82. The second-order valence-electron chi connectivity index (χ2n) is 5.76. The number of amides is 1. The van der Waals surface area contributed by atoms with Gasteiger partial charge in [-0.15, -0.1) is 11.3 Å². The molecule has 2 aliphatic rings. The molecule has 0 aromatic carbocycles. The number of hydrogen-bond donors (Lipinski definition) is 1. The van der Waals surface area contributed by atoms with Crippen molar-refractivity contribution in [2.24, 2.45) is 11.3 Å². The minimum Gasteiger partial charge on any atom is -0.481 e. The molecule has 2 heterocycles. The molecule has 1 aliphatic carbocycles. The highest BCUT2D eigenvalue weighted by Crippen LogP contribution is 2.59. The Morgan fingerprint density at radius 1 is 1.45 bits per heavy atom. The first-order chi connectivity index (χ1) is 9.61. The smallest absolute Gasteiger partial charge is 0.307 e. The zero-order valence-electron chi connectivity index (χ0n) is 11.2. The average molecular weight is 294 g/mol. The molecule has 1 aromatic rings. The number of thiazole rings is 1. The first-order valence-corrected chi connectivity index (χ1v) is 7.88. The van der Waals surface area contributed by atoms with E-state index in [1.54, 1.807) is 17.5 Å². The van der Waals surface area contributed by atoms with E-state index in [0.717, 1.165) is 24.3 Å². The summed E-state index contributed by atoms with van der Waals surface area (Å²) in [4.78, 5) is 29.2. The van der Waals surface area contributed by atoms with Gasteiger partial charge in [0.25, 0.3) is 0 Å². The fraction of sp³-hybridized carbons (Fsp3) is 0.643. The minimum absolute atomic E-state index is 0.00206. The molecule has 1 aromatic heterocycles. The molecule has 1 atom stereocenters. The maximum Gasteiger partial charge on any atom is 0.307 e. The van der Waals surface area contributed by atoms with Crippen molar-refractivity contribution in [2.75, 3.05) is 13.1 Å². The van der Waals surface area contributed by atoms with Crippen molar-refractivity contribution in [3.8, 4) is 0 Å². The molecular formula is C14H18N2O3S. The molecule has 1 saturated carbocycles. The van der Waals surface area contributed by atoms with E-state index >= 15 is 0 Å². The van der Waals surface area contributed by atoms with E-state index in [-0.39, 0.29) is 17.2 Å². The van der Waals surface area contributed by atoms with Gasteiger partial charge in [0, 0.05) is 37.5 Å². The van der Waals surface area contributed by atoms with Crippen molar-refractivity contribution in [2.45, 2.75) is 32.1 Å². The van der Waals surface area contributed by atoms with E-state index < -0.39 is 5.97 Å². The second-order valence-corrected chi connectivity index (χ2v) is 6.74. The molecule has 1 saturated heterocycles. The number of rotatable bonds is 4. The lowest BCUT2D eigenvalue weighted by atomic mass is 9.90. The molecule has 1 N–H and O–H groups in total. The van der Waals surface area contributed by atoms with Crippen molar-refractivity contribution in [3.63, 3.8) is 0 Å². The largest absolute Gasteiger partial charge is 0.481 e. The molecule has 0 radical (unpaired) electrons. The van der Waals surface area contributed by atoms with Gasteiger partial charge in [-0.05, 0) is 24.7 Å². The van der Waals surface area contributed by atoms with E-state index in [2.05, 4.69) is 4.98 Å². The van der Waals surface area contributed by atoms with Crippen molar-refractivity contribution in [1.82, 2.24) is 9.88 Å². The van der Waals surface area contributed by atoms with Crippen LogP contribution in [0.1, 0.15) is 30.7 Å². The Bertz CT molecular complexity index is 506. The number of piperidine rings is 1. The van der Waals surface area contributed by atoms with Crippen molar-refractivity contribution < 1.29 is 14.7 Å². The Morgan fingerprint density at radius 3 is 2.75 bits per heavy atom. The maximum absolute atomic E-state index is 12.1. The second kappa shape index (κ2) is 5.16. The molecular weight excluding hydrogens is 276 g/mol. The highest BCUT2D eigenvalue weighted by molar-refractivity contribution is 7.09. The summed E-state index contributed by atoms with van der Waals surface area (Å²) in [6.45, 7) is 1.42. The summed E-state index contributed by atoms with van der Waals surface area (Å²) in [6.07, 6.45) is 5.44. The van der Waals surface area contributed by atoms with E-state index in [0.29, 0.717) is 25.9 Å². The van der Waals surface area contributed by atoms with Gasteiger partial charge in [0.2, 0.25) is 5.91 Å². The van der Waals surface area contributed by atoms with Crippen molar-refractivity contribution in [1.29, 1.82) is 0 Å². The van der Waals surface area contributed by atoms with Crippen LogP contribution < -0.4 is 0 Å². The van der Waals surface area contributed by atoms with Gasteiger partial charge in [-0.2, -0.15) is 0 Å². The Balaban J connectivity index is 1.46. The summed E-state index contributed by atoms with van der Waals surface area (Å²) in [5.41, 5.74) is -0.00206. The van der Waals surface area contributed by atoms with Crippen LogP contribution in [0.15, 0.2) is 11.6 Å². The summed E-state index contributed by atoms with van der Waals surface area (Å²) >= 11 is 1.58. The van der Waals surface area contributed by atoms with Gasteiger partial charge < -0.3 is 10.0 Å². The van der Waals surface area contributed by atoms with Crippen LogP contribution in [0.3, 0.4) is 0 Å². The van der Waals surface area contributed by atoms with Crippen LogP contribution in [0, 0.1) is 11.3 Å². The first-order valence-electron chi connectivity index (χ1n) is 7.00. The predicted molar refractivity (Wildman–Crippen MR) is 74.4 cm³/mol. The van der Waals surface area contributed by atoms with Gasteiger partial charge in [0.05, 0.1) is 10.9 Å². The lowest BCUT2D eigenvalue weighted by Crippen LogP contribution is -2.40. The summed E-state index contributed by atoms with van der Waals surface area (Å²) in [7, 11) is 0. The monoisotopic (exact) mass is 294 g/mol. The number of aromatic nitrogens is 1. The highest BCUT2D eigenvalue weighted by atomic mass is 32.1. The molecule has 1 aliphatic heterocycles. The van der Waals surface area contributed by atoms with Crippen LogP contribution >= 0.6 is 11.3 Å². The highest BCUT2D eigenvalue weighted by Gasteiger charge is 2.59. The Kier molecular flexibility index (Phi) is 3.50. The van der Waals surface area contributed by atoms with Crippen LogP contribution in [0.2, 0.25) is 0 Å². The average Bonchev–Trinajstić information content (AvgIpc) is 2.90. The van der Waals surface area contributed by atoms with Crippen LogP contribution in [0.5, 0.6) is 0 Å². The fourth-order valence-electron chi connectivity index (χ4n) is 3.20. The molecule has 6 heteroatoms. The molecule has 3 rings (SSSR count). The maximum atomic E-state index is 12.1. The number of carbonyl (C=O) groups excluding carboxylic acids is 1. The zero-order valence-corrected chi connectivity index (χ0v) is 12.1. The number of aliphatic carboxylic acids is 1. The molecule has 20 heavy (non-hydrogen) atoms. The third-order valence-corrected chi connectivity index (χ3v) is 5.48. The molecule has 5 nitrogen and oxygen atoms in total. The Hall–Kier alpha value is -1.43. The molecule has 1 amide bonds. The van der Waals surface area contributed by atoms with Gasteiger partial charge in [-0.25, -0.2) is 4.98 Å². The topological polar surface area (TPSA) is 70.5 Å². The lowest BCUT2D eigenvalue weighted by Gasteiger charge is -2.32. The van der Waals surface area contributed by atoms with E-state index in [9.17, 15) is 9.59 Å². The van der Waals surface area contributed by atoms with Gasteiger partial charge in [0.1, 0.15) is 0 Å². The van der Waals surface area contributed by atoms with E-state index in [4.69, 9.17) is 5.11 Å². The van der Waals surface area contributed by atoms with Crippen LogP contribution in [0.4, 0.5) is 0 Å². The quantitative estimate of drug-likeness (QED) is 0.919. The lowest BCUT2D eigenvalue weighted by molar-refractivity contribution is -0.139. The first kappa shape index (κ1) is 13.5. The molecule has 1 spiro atoms. The summed E-state index contributed by atoms with van der Waals surface area (Å²) < 4.78 is 0. The summed E-state index contributed by atoms with van der Waals surface area (Å²) in [6, 6.07) is 0. The number of carbonyl (C=O) groups is 2. The standard InChI is InChI=1S/C14H18N2O3S/c17-12(2-1-11-15-5-8-20-11)16-6-3-14(4-7-16)9-10(14)13(18)19/h5,8,10H,1-4,6-7,9H2,(H,18,19). The van der Waals surface area contributed by atoms with Gasteiger partial charge in [-0.3, -0.25) is 9.59 Å². The third kappa shape index (κ3) is 2.57. The zero-order chi connectivity index (χ0) is 14.2. The normalized spacial score (nSPS) is 23.8. The van der Waals surface area contributed by atoms with Crippen molar-refractivity contribution in [3.05, 3.63) is 16.6 Å². The van der Waals surface area contributed by atoms with E-state index in [1.165, 1.54) is 0 Å². The van der Waals surface area contributed by atoms with Crippen molar-refractivity contribution >= 4 is 23.2 Å².